The van der Waals surface area contributed by atoms with Gasteiger partial charge in [-0.05, 0) is 37.8 Å². The van der Waals surface area contributed by atoms with Crippen LogP contribution in [0.25, 0.3) is 0 Å². The van der Waals surface area contributed by atoms with Crippen LogP contribution in [0.5, 0.6) is 0 Å². The number of nitrogens with two attached hydrogens (primary N) is 1. The molecule has 0 radical (unpaired) electrons. The highest BCUT2D eigenvalue weighted by atomic mass is 32.1. The van der Waals surface area contributed by atoms with Crippen molar-refractivity contribution in [2.24, 2.45) is 11.7 Å². The molecule has 1 aromatic rings. The van der Waals surface area contributed by atoms with E-state index in [0.29, 0.717) is 5.92 Å². The van der Waals surface area contributed by atoms with Gasteiger partial charge in [-0.25, -0.2) is 0 Å². The molecule has 0 aliphatic heterocycles. The Hall–Kier alpha value is -0.380. The third kappa shape index (κ3) is 4.78. The van der Waals surface area contributed by atoms with Crippen LogP contribution in [-0.4, -0.2) is 31.1 Å². The Labute approximate surface area is 97.1 Å². The molecular formula is C12H22N2S. The molecule has 86 valence electrons. The topological polar surface area (TPSA) is 29.3 Å². The highest BCUT2D eigenvalue weighted by Crippen LogP contribution is 2.10. The summed E-state index contributed by atoms with van der Waals surface area (Å²) in [5.74, 6) is 0.568. The molecule has 2 nitrogen and oxygen atoms in total. The van der Waals surface area contributed by atoms with Crippen molar-refractivity contribution in [2.45, 2.75) is 26.3 Å². The highest BCUT2D eigenvalue weighted by molar-refractivity contribution is 7.09. The number of thiophene rings is 1. The summed E-state index contributed by atoms with van der Waals surface area (Å²) in [4.78, 5) is 3.84. The van der Waals surface area contributed by atoms with Crippen molar-refractivity contribution in [3.8, 4) is 0 Å². The van der Waals surface area contributed by atoms with Crippen LogP contribution < -0.4 is 5.73 Å². The second-order valence-electron chi connectivity index (χ2n) is 4.43. The normalized spacial score (nSPS) is 15.5. The lowest BCUT2D eigenvalue weighted by molar-refractivity contribution is 0.272. The average Bonchev–Trinajstić information content (AvgIpc) is 2.66. The Morgan fingerprint density at radius 2 is 2.20 bits per heavy atom. The van der Waals surface area contributed by atoms with E-state index in [1.54, 1.807) is 0 Å². The van der Waals surface area contributed by atoms with E-state index in [0.717, 1.165) is 19.5 Å². The summed E-state index contributed by atoms with van der Waals surface area (Å²) in [6, 6.07) is 4.60. The lowest BCUT2D eigenvalue weighted by Gasteiger charge is -2.23. The molecule has 0 fully saturated rings. The smallest absolute Gasteiger partial charge is 0.00579 e. The van der Waals surface area contributed by atoms with Gasteiger partial charge < -0.3 is 10.6 Å². The molecule has 0 spiro atoms. The lowest BCUT2D eigenvalue weighted by atomic mass is 10.0. The summed E-state index contributed by atoms with van der Waals surface area (Å²) in [5, 5.41) is 2.14. The summed E-state index contributed by atoms with van der Waals surface area (Å²) >= 11 is 1.84. The fourth-order valence-electron chi connectivity index (χ4n) is 1.51. The first-order valence-corrected chi connectivity index (χ1v) is 6.44. The number of hydrogen-bond acceptors (Lipinski definition) is 3. The highest BCUT2D eigenvalue weighted by Gasteiger charge is 2.10. The van der Waals surface area contributed by atoms with Gasteiger partial charge in [-0.2, -0.15) is 0 Å². The van der Waals surface area contributed by atoms with Crippen molar-refractivity contribution in [3.05, 3.63) is 22.4 Å². The predicted octanol–water partition coefficient (Wildman–Crippen LogP) is 2.21. The van der Waals surface area contributed by atoms with Crippen LogP contribution in [0.2, 0.25) is 0 Å². The van der Waals surface area contributed by atoms with Gasteiger partial charge in [0.2, 0.25) is 0 Å². The van der Waals surface area contributed by atoms with E-state index in [1.807, 2.05) is 11.3 Å². The maximum Gasteiger partial charge on any atom is 0.00579 e. The zero-order valence-electron chi connectivity index (χ0n) is 9.94. The van der Waals surface area contributed by atoms with Gasteiger partial charge in [-0.3, -0.25) is 0 Å². The van der Waals surface area contributed by atoms with Gasteiger partial charge in [0.15, 0.2) is 0 Å². The van der Waals surface area contributed by atoms with E-state index in [9.17, 15) is 0 Å². The number of nitrogens with zero attached hydrogens (tertiary/aromatic N) is 1. The molecule has 2 unspecified atom stereocenters. The SMILES string of the molecule is CC(N)C(C)CN(C)CCc1cccs1. The molecule has 1 aromatic heterocycles. The van der Waals surface area contributed by atoms with Gasteiger partial charge >= 0.3 is 0 Å². The van der Waals surface area contributed by atoms with Gasteiger partial charge in [-0.15, -0.1) is 11.3 Å². The van der Waals surface area contributed by atoms with E-state index in [2.05, 4.69) is 43.3 Å². The maximum absolute atomic E-state index is 5.85. The molecule has 1 heterocycles. The molecule has 15 heavy (non-hydrogen) atoms. The first-order chi connectivity index (χ1) is 7.09. The maximum atomic E-state index is 5.85. The lowest BCUT2D eigenvalue weighted by Crippen LogP contribution is -2.35. The van der Waals surface area contributed by atoms with Gasteiger partial charge in [0, 0.05) is 24.0 Å². The number of hydrogen-bond donors (Lipinski definition) is 1. The molecular weight excluding hydrogens is 204 g/mol. The largest absolute Gasteiger partial charge is 0.328 e. The summed E-state index contributed by atoms with van der Waals surface area (Å²) in [5.41, 5.74) is 5.85. The summed E-state index contributed by atoms with van der Waals surface area (Å²) in [7, 11) is 2.17. The number of likely N-dealkylation sites (N-methyl/N-ethyl adjacent to an activating group) is 1. The zero-order valence-corrected chi connectivity index (χ0v) is 10.8. The Bertz CT molecular complexity index is 257. The first kappa shape index (κ1) is 12.7. The molecule has 0 aliphatic rings. The van der Waals surface area contributed by atoms with Crippen LogP contribution in [0, 0.1) is 5.92 Å². The predicted molar refractivity (Wildman–Crippen MR) is 68.3 cm³/mol. The van der Waals surface area contributed by atoms with Crippen molar-refractivity contribution in [2.75, 3.05) is 20.1 Å². The fourth-order valence-corrected chi connectivity index (χ4v) is 2.20. The van der Waals surface area contributed by atoms with E-state index in [-0.39, 0.29) is 6.04 Å². The van der Waals surface area contributed by atoms with Crippen LogP contribution in [-0.2, 0) is 6.42 Å². The third-order valence-electron chi connectivity index (χ3n) is 2.82. The van der Waals surface area contributed by atoms with Crippen molar-refractivity contribution in [1.82, 2.24) is 4.90 Å². The quantitative estimate of drug-likeness (QED) is 0.806. The van der Waals surface area contributed by atoms with Crippen LogP contribution >= 0.6 is 11.3 Å². The number of rotatable bonds is 6. The average molecular weight is 226 g/mol. The Balaban J connectivity index is 2.21. The van der Waals surface area contributed by atoms with Gasteiger partial charge in [0.25, 0.3) is 0 Å². The van der Waals surface area contributed by atoms with Crippen LogP contribution in [0.1, 0.15) is 18.7 Å². The molecule has 2 N–H and O–H groups in total. The second-order valence-corrected chi connectivity index (χ2v) is 5.46. The van der Waals surface area contributed by atoms with Gasteiger partial charge in [0.1, 0.15) is 0 Å². The molecule has 0 aromatic carbocycles. The summed E-state index contributed by atoms with van der Waals surface area (Å²) in [6.45, 7) is 6.50. The van der Waals surface area contributed by atoms with Crippen molar-refractivity contribution in [1.29, 1.82) is 0 Å². The molecule has 0 amide bonds. The van der Waals surface area contributed by atoms with Crippen LogP contribution in [0.3, 0.4) is 0 Å². The minimum atomic E-state index is 0.286. The molecule has 2 atom stereocenters. The van der Waals surface area contributed by atoms with E-state index < -0.39 is 0 Å². The minimum absolute atomic E-state index is 0.286. The molecule has 0 saturated heterocycles. The van der Waals surface area contributed by atoms with Crippen molar-refractivity contribution < 1.29 is 0 Å². The van der Waals surface area contributed by atoms with Gasteiger partial charge in [-0.1, -0.05) is 13.0 Å². The molecule has 0 saturated carbocycles. The van der Waals surface area contributed by atoms with Crippen LogP contribution in [0.4, 0.5) is 0 Å². The van der Waals surface area contributed by atoms with E-state index >= 15 is 0 Å². The van der Waals surface area contributed by atoms with Crippen LogP contribution in [0.15, 0.2) is 17.5 Å². The molecule has 0 bridgehead atoms. The van der Waals surface area contributed by atoms with E-state index in [1.165, 1.54) is 4.88 Å². The van der Waals surface area contributed by atoms with Crippen molar-refractivity contribution in [3.63, 3.8) is 0 Å². The Morgan fingerprint density at radius 3 is 2.73 bits per heavy atom. The van der Waals surface area contributed by atoms with E-state index in [4.69, 9.17) is 5.73 Å². The first-order valence-electron chi connectivity index (χ1n) is 5.56. The van der Waals surface area contributed by atoms with Crippen molar-refractivity contribution >= 4 is 11.3 Å². The summed E-state index contributed by atoms with van der Waals surface area (Å²) < 4.78 is 0. The minimum Gasteiger partial charge on any atom is -0.328 e. The third-order valence-corrected chi connectivity index (χ3v) is 3.75. The monoisotopic (exact) mass is 226 g/mol. The Kier molecular flexibility index (Phi) is 5.29. The molecule has 0 aliphatic carbocycles. The second kappa shape index (κ2) is 6.26. The standard InChI is InChI=1S/C12H22N2S/c1-10(11(2)13)9-14(3)7-6-12-5-4-8-15-12/h4-5,8,10-11H,6-7,9,13H2,1-3H3. The fraction of sp³-hybridized carbons (Fsp3) is 0.667. The van der Waals surface area contributed by atoms with Gasteiger partial charge in [0.05, 0.1) is 0 Å². The molecule has 3 heteroatoms. The Morgan fingerprint density at radius 1 is 1.47 bits per heavy atom. The molecule has 1 rings (SSSR count). The zero-order chi connectivity index (χ0) is 11.3. The summed E-state index contributed by atoms with van der Waals surface area (Å²) in [6.07, 6.45) is 1.15.